The first-order valence-electron chi connectivity index (χ1n) is 3.94. The standard InChI is InChI=1S/C9H13NO2/c1-9(2,3)6-4-5-7(11)10-8(6)12/h4-6H,1-3H3,(H,10,11,12). The number of imide groups is 1. The van der Waals surface area contributed by atoms with Crippen LogP contribution in [-0.2, 0) is 9.59 Å². The van der Waals surface area contributed by atoms with E-state index in [1.165, 1.54) is 6.08 Å². The Morgan fingerprint density at radius 2 is 1.92 bits per heavy atom. The second kappa shape index (κ2) is 2.73. The molecule has 1 heterocycles. The van der Waals surface area contributed by atoms with E-state index in [0.717, 1.165) is 0 Å². The lowest BCUT2D eigenvalue weighted by Gasteiger charge is -2.28. The van der Waals surface area contributed by atoms with Gasteiger partial charge in [0.25, 0.3) is 0 Å². The molecule has 0 saturated heterocycles. The molecule has 2 amide bonds. The summed E-state index contributed by atoms with van der Waals surface area (Å²) in [6.45, 7) is 5.91. The van der Waals surface area contributed by atoms with Gasteiger partial charge in [-0.3, -0.25) is 14.9 Å². The summed E-state index contributed by atoms with van der Waals surface area (Å²) in [5.74, 6) is -0.717. The highest BCUT2D eigenvalue weighted by atomic mass is 16.2. The molecule has 3 heteroatoms. The van der Waals surface area contributed by atoms with E-state index in [9.17, 15) is 9.59 Å². The lowest BCUT2D eigenvalue weighted by molar-refractivity contribution is -0.132. The Labute approximate surface area is 71.8 Å². The number of hydrogen-bond donors (Lipinski definition) is 1. The number of hydrogen-bond acceptors (Lipinski definition) is 2. The molecule has 1 rings (SSSR count). The van der Waals surface area contributed by atoms with Crippen molar-refractivity contribution in [3.63, 3.8) is 0 Å². The molecule has 1 unspecified atom stereocenters. The predicted molar refractivity (Wildman–Crippen MR) is 45.2 cm³/mol. The van der Waals surface area contributed by atoms with Crippen LogP contribution in [0.2, 0.25) is 0 Å². The fourth-order valence-electron chi connectivity index (χ4n) is 1.19. The van der Waals surface area contributed by atoms with E-state index in [0.29, 0.717) is 0 Å². The molecule has 3 nitrogen and oxygen atoms in total. The molecule has 1 aliphatic heterocycles. The van der Waals surface area contributed by atoms with E-state index in [-0.39, 0.29) is 23.1 Å². The van der Waals surface area contributed by atoms with Gasteiger partial charge in [-0.15, -0.1) is 0 Å². The summed E-state index contributed by atoms with van der Waals surface area (Å²) in [6.07, 6.45) is 3.08. The van der Waals surface area contributed by atoms with Crippen LogP contribution in [0.3, 0.4) is 0 Å². The van der Waals surface area contributed by atoms with Crippen molar-refractivity contribution >= 4 is 11.8 Å². The molecular weight excluding hydrogens is 154 g/mol. The molecular formula is C9H13NO2. The van der Waals surface area contributed by atoms with Gasteiger partial charge >= 0.3 is 0 Å². The van der Waals surface area contributed by atoms with Gasteiger partial charge in [-0.05, 0) is 5.41 Å². The number of rotatable bonds is 0. The quantitative estimate of drug-likeness (QED) is 0.544. The third kappa shape index (κ3) is 1.72. The van der Waals surface area contributed by atoms with Crippen LogP contribution in [0, 0.1) is 11.3 Å². The van der Waals surface area contributed by atoms with Crippen molar-refractivity contribution in [2.24, 2.45) is 11.3 Å². The molecule has 0 aromatic heterocycles. The first-order valence-corrected chi connectivity index (χ1v) is 3.94. The molecule has 0 aliphatic carbocycles. The average molecular weight is 167 g/mol. The number of nitrogens with one attached hydrogen (secondary N) is 1. The zero-order valence-corrected chi connectivity index (χ0v) is 7.55. The zero-order valence-electron chi connectivity index (χ0n) is 7.55. The summed E-state index contributed by atoms with van der Waals surface area (Å²) in [7, 11) is 0. The van der Waals surface area contributed by atoms with Crippen molar-refractivity contribution in [1.29, 1.82) is 0 Å². The third-order valence-electron chi connectivity index (χ3n) is 1.90. The van der Waals surface area contributed by atoms with Crippen molar-refractivity contribution in [3.05, 3.63) is 12.2 Å². The summed E-state index contributed by atoms with van der Waals surface area (Å²) in [6, 6.07) is 0. The van der Waals surface area contributed by atoms with Crippen LogP contribution < -0.4 is 5.32 Å². The number of carbonyl (C=O) groups is 2. The van der Waals surface area contributed by atoms with Gasteiger partial charge in [-0.1, -0.05) is 26.8 Å². The lowest BCUT2D eigenvalue weighted by atomic mass is 9.79. The van der Waals surface area contributed by atoms with Gasteiger partial charge in [0.2, 0.25) is 11.8 Å². The first kappa shape index (κ1) is 8.97. The van der Waals surface area contributed by atoms with Gasteiger partial charge in [-0.25, -0.2) is 0 Å². The summed E-state index contributed by atoms with van der Waals surface area (Å²) in [5.41, 5.74) is -0.124. The Balaban J connectivity index is 2.87. The maximum atomic E-state index is 11.3. The minimum atomic E-state index is -0.319. The van der Waals surface area contributed by atoms with Crippen molar-refractivity contribution in [3.8, 4) is 0 Å². The molecule has 0 radical (unpaired) electrons. The lowest BCUT2D eigenvalue weighted by Crippen LogP contribution is -2.42. The molecule has 66 valence electrons. The fourth-order valence-corrected chi connectivity index (χ4v) is 1.19. The minimum Gasteiger partial charge on any atom is -0.292 e. The second-order valence-electron chi connectivity index (χ2n) is 4.06. The van der Waals surface area contributed by atoms with Gasteiger partial charge in [0.05, 0.1) is 5.92 Å². The van der Waals surface area contributed by atoms with E-state index in [1.807, 2.05) is 20.8 Å². The fraction of sp³-hybridized carbons (Fsp3) is 0.556. The van der Waals surface area contributed by atoms with Crippen molar-refractivity contribution in [2.45, 2.75) is 20.8 Å². The summed E-state index contributed by atoms with van der Waals surface area (Å²) in [4.78, 5) is 22.0. The van der Waals surface area contributed by atoms with Crippen molar-refractivity contribution < 1.29 is 9.59 Å². The summed E-state index contributed by atoms with van der Waals surface area (Å²) in [5, 5.41) is 2.27. The largest absolute Gasteiger partial charge is 0.292 e. The van der Waals surface area contributed by atoms with Gasteiger partial charge in [-0.2, -0.15) is 0 Å². The van der Waals surface area contributed by atoms with E-state index in [4.69, 9.17) is 0 Å². The van der Waals surface area contributed by atoms with E-state index in [1.54, 1.807) is 6.08 Å². The van der Waals surface area contributed by atoms with Crippen LogP contribution in [0.5, 0.6) is 0 Å². The number of amides is 2. The molecule has 1 N–H and O–H groups in total. The maximum Gasteiger partial charge on any atom is 0.250 e. The molecule has 0 fully saturated rings. The predicted octanol–water partition coefficient (Wildman–Crippen LogP) is 0.861. The average Bonchev–Trinajstić information content (AvgIpc) is 1.83. The highest BCUT2D eigenvalue weighted by Gasteiger charge is 2.31. The highest BCUT2D eigenvalue weighted by Crippen LogP contribution is 2.28. The van der Waals surface area contributed by atoms with Crippen LogP contribution in [0.1, 0.15) is 20.8 Å². The molecule has 12 heavy (non-hydrogen) atoms. The van der Waals surface area contributed by atoms with E-state index >= 15 is 0 Å². The van der Waals surface area contributed by atoms with Gasteiger partial charge in [0.15, 0.2) is 0 Å². The van der Waals surface area contributed by atoms with E-state index < -0.39 is 0 Å². The smallest absolute Gasteiger partial charge is 0.250 e. The number of carbonyl (C=O) groups excluding carboxylic acids is 2. The SMILES string of the molecule is CC(C)(C)C1C=CC(=O)NC1=O. The second-order valence-corrected chi connectivity index (χ2v) is 4.06. The first-order chi connectivity index (χ1) is 5.41. The van der Waals surface area contributed by atoms with Crippen LogP contribution in [0.25, 0.3) is 0 Å². The van der Waals surface area contributed by atoms with Crippen LogP contribution in [0.15, 0.2) is 12.2 Å². The Hall–Kier alpha value is -1.12. The van der Waals surface area contributed by atoms with Gasteiger partial charge in [0, 0.05) is 6.08 Å². The molecule has 0 aromatic carbocycles. The highest BCUT2D eigenvalue weighted by molar-refractivity contribution is 6.05. The van der Waals surface area contributed by atoms with E-state index in [2.05, 4.69) is 5.32 Å². The zero-order chi connectivity index (χ0) is 9.35. The van der Waals surface area contributed by atoms with Crippen molar-refractivity contribution in [1.82, 2.24) is 5.32 Å². The van der Waals surface area contributed by atoms with Gasteiger partial charge in [0.1, 0.15) is 0 Å². The van der Waals surface area contributed by atoms with Crippen LogP contribution >= 0.6 is 0 Å². The Bertz CT molecular complexity index is 248. The maximum absolute atomic E-state index is 11.3. The third-order valence-corrected chi connectivity index (χ3v) is 1.90. The molecule has 0 aromatic rings. The topological polar surface area (TPSA) is 46.2 Å². The van der Waals surface area contributed by atoms with Crippen LogP contribution in [0.4, 0.5) is 0 Å². The minimum absolute atomic E-state index is 0.124. The Morgan fingerprint density at radius 1 is 1.33 bits per heavy atom. The Kier molecular flexibility index (Phi) is 2.04. The Morgan fingerprint density at radius 3 is 2.33 bits per heavy atom. The molecule has 0 saturated carbocycles. The summed E-state index contributed by atoms with van der Waals surface area (Å²) < 4.78 is 0. The van der Waals surface area contributed by atoms with Crippen molar-refractivity contribution in [2.75, 3.05) is 0 Å². The molecule has 0 spiro atoms. The normalized spacial score (nSPS) is 24.1. The molecule has 1 atom stereocenters. The molecule has 1 aliphatic rings. The van der Waals surface area contributed by atoms with Crippen LogP contribution in [-0.4, -0.2) is 11.8 Å². The monoisotopic (exact) mass is 167 g/mol. The van der Waals surface area contributed by atoms with Gasteiger partial charge < -0.3 is 0 Å². The molecule has 0 bridgehead atoms. The summed E-state index contributed by atoms with van der Waals surface area (Å²) >= 11 is 0.